The fourth-order valence-corrected chi connectivity index (χ4v) is 12.3. The van der Waals surface area contributed by atoms with Gasteiger partial charge in [-0.15, -0.1) is 0 Å². The fourth-order valence-electron chi connectivity index (χ4n) is 12.3. The lowest BCUT2D eigenvalue weighted by molar-refractivity contribution is -0.136. The number of aromatic hydroxyl groups is 1. The van der Waals surface area contributed by atoms with Gasteiger partial charge in [0.05, 0.1) is 28.7 Å². The van der Waals surface area contributed by atoms with E-state index in [1.54, 1.807) is 25.1 Å². The van der Waals surface area contributed by atoms with E-state index in [0.717, 1.165) is 88.5 Å². The van der Waals surface area contributed by atoms with Crippen LogP contribution in [0.4, 0.5) is 20.3 Å². The van der Waals surface area contributed by atoms with E-state index >= 15 is 8.78 Å². The van der Waals surface area contributed by atoms with E-state index < -0.39 is 46.9 Å². The highest BCUT2D eigenvalue weighted by molar-refractivity contribution is 6.23. The van der Waals surface area contributed by atoms with Gasteiger partial charge in [-0.3, -0.25) is 39.3 Å². The largest absolute Gasteiger partial charge is 0.508 e. The number of aromatic nitrogens is 3. The number of phenolic OH excluding ortho intramolecular Hbond substituents is 1. The zero-order valence-corrected chi connectivity index (χ0v) is 40.8. The van der Waals surface area contributed by atoms with Gasteiger partial charge in [-0.25, -0.2) is 8.78 Å². The minimum atomic E-state index is -0.985. The fraction of sp³-hybridized carbons (Fsp3) is 0.500. The SMILES string of the molecule is CCc1c(F)ccc2cc(O)cc(-c3ncc4c(N5CCC[C@@](C)(O)C5)nc(OCC5CCN(C6CCN(CC7CCN(c8ccc9c(c8)C(=O)N(C8CCC(=O)NC8=O)C9=O)CC7)CC6)C5)nc4c3F)c12. The summed E-state index contributed by atoms with van der Waals surface area (Å²) in [5.41, 5.74) is 1.11. The lowest BCUT2D eigenvalue weighted by Crippen LogP contribution is -2.54. The summed E-state index contributed by atoms with van der Waals surface area (Å²) in [6.07, 6.45) is 8.56. The molecule has 2 aromatic heterocycles. The number of piperidine rings is 4. The van der Waals surface area contributed by atoms with E-state index in [-0.39, 0.29) is 53.8 Å². The Balaban J connectivity index is 0.706. The number of carbonyl (C=O) groups is 4. The van der Waals surface area contributed by atoms with Crippen LogP contribution in [0.3, 0.4) is 0 Å². The maximum Gasteiger partial charge on any atom is 0.319 e. The number of nitrogens with zero attached hydrogens (tertiary/aromatic N) is 8. The summed E-state index contributed by atoms with van der Waals surface area (Å²) in [5.74, 6) is -2.05. The molecule has 378 valence electrons. The number of phenols is 1. The summed E-state index contributed by atoms with van der Waals surface area (Å²) in [6, 6.07) is 10.7. The van der Waals surface area contributed by atoms with Gasteiger partial charge in [-0.05, 0) is 143 Å². The zero-order valence-electron chi connectivity index (χ0n) is 40.8. The molecule has 3 atom stereocenters. The summed E-state index contributed by atoms with van der Waals surface area (Å²) in [6.45, 7) is 11.5. The molecule has 5 aromatic rings. The van der Waals surface area contributed by atoms with E-state index in [1.807, 2.05) is 17.9 Å². The molecule has 0 saturated carbocycles. The maximum atomic E-state index is 17.1. The van der Waals surface area contributed by atoms with Crippen molar-refractivity contribution in [2.45, 2.75) is 95.7 Å². The Kier molecular flexibility index (Phi) is 12.8. The molecule has 0 aliphatic carbocycles. The lowest BCUT2D eigenvalue weighted by atomic mass is 9.94. The predicted molar refractivity (Wildman–Crippen MR) is 266 cm³/mol. The molecule has 8 heterocycles. The highest BCUT2D eigenvalue weighted by Gasteiger charge is 2.45. The number of ether oxygens (including phenoxy) is 1. The Morgan fingerprint density at radius 3 is 2.39 bits per heavy atom. The molecule has 3 aromatic carbocycles. The number of hydrogen-bond acceptors (Lipinski definition) is 14. The normalized spacial score (nSPS) is 24.0. The van der Waals surface area contributed by atoms with Crippen molar-refractivity contribution in [3.05, 3.63) is 77.0 Å². The van der Waals surface area contributed by atoms with Crippen molar-refractivity contribution in [1.29, 1.82) is 0 Å². The molecular weight excluding hydrogens is 925 g/mol. The van der Waals surface area contributed by atoms with Gasteiger partial charge in [-0.1, -0.05) is 13.0 Å². The molecule has 72 heavy (non-hydrogen) atoms. The number of β-amino-alcohol motifs (C(OH)–C–C–N with tert-alkyl or cyclic N) is 1. The van der Waals surface area contributed by atoms with E-state index in [4.69, 9.17) is 9.72 Å². The quantitative estimate of drug-likeness (QED) is 0.127. The van der Waals surface area contributed by atoms with E-state index in [9.17, 15) is 29.4 Å². The van der Waals surface area contributed by atoms with Gasteiger partial charge in [0.1, 0.15) is 34.6 Å². The summed E-state index contributed by atoms with van der Waals surface area (Å²) >= 11 is 0. The van der Waals surface area contributed by atoms with Crippen molar-refractivity contribution in [2.24, 2.45) is 11.8 Å². The second kappa shape index (κ2) is 19.2. The molecule has 4 amide bonds. The average molecular weight is 986 g/mol. The Hall–Kier alpha value is -6.37. The molecule has 3 N–H and O–H groups in total. The molecule has 18 heteroatoms. The Morgan fingerprint density at radius 1 is 0.847 bits per heavy atom. The molecule has 5 fully saturated rings. The van der Waals surface area contributed by atoms with Crippen LogP contribution in [0.1, 0.15) is 97.9 Å². The number of amides is 4. The first kappa shape index (κ1) is 47.9. The number of fused-ring (bicyclic) bond motifs is 3. The first-order valence-corrected chi connectivity index (χ1v) is 25.7. The minimum absolute atomic E-state index is 0.00127. The van der Waals surface area contributed by atoms with Crippen molar-refractivity contribution in [3.8, 4) is 23.0 Å². The smallest absolute Gasteiger partial charge is 0.319 e. The number of aryl methyl sites for hydroxylation is 1. The molecule has 2 unspecified atom stereocenters. The number of anilines is 2. The van der Waals surface area contributed by atoms with E-state index in [1.165, 1.54) is 24.4 Å². The van der Waals surface area contributed by atoms with Gasteiger partial charge in [0.25, 0.3) is 11.8 Å². The van der Waals surface area contributed by atoms with Crippen LogP contribution in [-0.4, -0.2) is 147 Å². The topological polar surface area (TPSA) is 185 Å². The van der Waals surface area contributed by atoms with Crippen LogP contribution in [0.15, 0.2) is 48.7 Å². The maximum absolute atomic E-state index is 17.1. The van der Waals surface area contributed by atoms with Gasteiger partial charge in [0.2, 0.25) is 11.8 Å². The Morgan fingerprint density at radius 2 is 1.62 bits per heavy atom. The Labute approximate surface area is 416 Å². The highest BCUT2D eigenvalue weighted by Crippen LogP contribution is 2.40. The number of benzene rings is 3. The lowest BCUT2D eigenvalue weighted by Gasteiger charge is -2.40. The molecule has 0 bridgehead atoms. The number of hydrogen-bond donors (Lipinski definition) is 3. The Bertz CT molecular complexity index is 2990. The molecule has 11 rings (SSSR count). The second-order valence-corrected chi connectivity index (χ2v) is 21.1. The van der Waals surface area contributed by atoms with Crippen LogP contribution in [0.5, 0.6) is 11.8 Å². The van der Waals surface area contributed by atoms with Crippen molar-refractivity contribution >= 4 is 56.8 Å². The molecule has 6 aliphatic heterocycles. The van der Waals surface area contributed by atoms with Gasteiger partial charge < -0.3 is 29.6 Å². The number of nitrogens with one attached hydrogen (secondary N) is 1. The number of likely N-dealkylation sites (tertiary alicyclic amines) is 2. The van der Waals surface area contributed by atoms with E-state index in [0.29, 0.717) is 83.0 Å². The average Bonchev–Trinajstić information content (AvgIpc) is 3.94. The van der Waals surface area contributed by atoms with Crippen LogP contribution in [0, 0.1) is 23.5 Å². The zero-order chi connectivity index (χ0) is 50.0. The summed E-state index contributed by atoms with van der Waals surface area (Å²) in [5, 5.41) is 25.5. The van der Waals surface area contributed by atoms with Crippen molar-refractivity contribution in [2.75, 3.05) is 75.3 Å². The molecule has 16 nitrogen and oxygen atoms in total. The van der Waals surface area contributed by atoms with Crippen LogP contribution in [0.2, 0.25) is 0 Å². The van der Waals surface area contributed by atoms with Gasteiger partial charge in [0, 0.05) is 75.1 Å². The van der Waals surface area contributed by atoms with Crippen LogP contribution in [0.25, 0.3) is 32.9 Å². The van der Waals surface area contributed by atoms with Gasteiger partial charge in [-0.2, -0.15) is 9.97 Å². The third kappa shape index (κ3) is 9.10. The van der Waals surface area contributed by atoms with Gasteiger partial charge in [0.15, 0.2) is 5.82 Å². The molecule has 6 aliphatic rings. The van der Waals surface area contributed by atoms with Crippen molar-refractivity contribution < 1.29 is 42.9 Å². The van der Waals surface area contributed by atoms with Crippen molar-refractivity contribution in [1.82, 2.24) is 35.0 Å². The number of halogens is 2. The number of rotatable bonds is 11. The predicted octanol–water partition coefficient (Wildman–Crippen LogP) is 6.23. The third-order valence-electron chi connectivity index (χ3n) is 16.1. The number of carbonyl (C=O) groups excluding carboxylic acids is 4. The van der Waals surface area contributed by atoms with Crippen LogP contribution >= 0.6 is 0 Å². The second-order valence-electron chi connectivity index (χ2n) is 21.1. The van der Waals surface area contributed by atoms with Crippen LogP contribution in [-0.2, 0) is 16.0 Å². The monoisotopic (exact) mass is 985 g/mol. The first-order valence-electron chi connectivity index (χ1n) is 25.7. The standard InChI is InChI=1S/C54H61F2N9O7/c1-3-37-42(55)8-5-33-23-36(66)25-40(45(33)37)47-46(56)48-41(26-57-47)49(64-17-4-16-54(2,71)30-64)60-53(59-48)72-29-32-13-22-63(28-32)34-14-18-61(19-15-34)27-31-11-20-62(21-12-31)35-6-7-38-39(24-35)52(70)65(51(38)69)43-9-10-44(67)58-50(43)68/h5-8,23-26,31-32,34,43,66,71H,3-4,9-22,27-30H2,1-2H3,(H,58,67,68)/t32?,43?,54-/m1/s1. The summed E-state index contributed by atoms with van der Waals surface area (Å²) < 4.78 is 38.6. The summed E-state index contributed by atoms with van der Waals surface area (Å²) in [7, 11) is 0. The molecular formula is C54H61F2N9O7. The summed E-state index contributed by atoms with van der Waals surface area (Å²) in [4.78, 5) is 75.3. The van der Waals surface area contributed by atoms with Crippen LogP contribution < -0.4 is 19.9 Å². The molecule has 0 spiro atoms. The van der Waals surface area contributed by atoms with Gasteiger partial charge >= 0.3 is 6.01 Å². The minimum Gasteiger partial charge on any atom is -0.508 e. The number of pyridine rings is 1. The third-order valence-corrected chi connectivity index (χ3v) is 16.1. The first-order chi connectivity index (χ1) is 34.7. The number of aliphatic hydroxyl groups is 1. The number of imide groups is 2. The molecule has 5 saturated heterocycles. The van der Waals surface area contributed by atoms with Crippen molar-refractivity contribution in [3.63, 3.8) is 0 Å². The molecule has 0 radical (unpaired) electrons. The highest BCUT2D eigenvalue weighted by atomic mass is 19.1. The van der Waals surface area contributed by atoms with E-state index in [2.05, 4.69) is 30.0 Å².